The molecular weight excluding hydrogens is 155 g/mol. The number of benzene rings is 1. The van der Waals surface area contributed by atoms with Gasteiger partial charge in [-0.3, -0.25) is 0 Å². The van der Waals surface area contributed by atoms with Gasteiger partial charge in [0.05, 0.1) is 11.4 Å². The zero-order chi connectivity index (χ0) is 8.55. The maximum absolute atomic E-state index is 12.9. The van der Waals surface area contributed by atoms with Crippen molar-refractivity contribution >= 4 is 11.4 Å². The number of hydrogen-bond donors (Lipinski definition) is 2. The van der Waals surface area contributed by atoms with Gasteiger partial charge in [0, 0.05) is 6.54 Å². The number of nitrogens with one attached hydrogen (secondary N) is 1. The minimum Gasteiger partial charge on any atom is -0.395 e. The smallest absolute Gasteiger partial charge is 0.148 e. The van der Waals surface area contributed by atoms with Gasteiger partial charge in [0.25, 0.3) is 0 Å². The summed E-state index contributed by atoms with van der Waals surface area (Å²) in [6, 6.07) is 3.23. The summed E-state index contributed by atoms with van der Waals surface area (Å²) in [5.41, 5.74) is 7.74. The van der Waals surface area contributed by atoms with Crippen molar-refractivity contribution in [3.63, 3.8) is 0 Å². The second kappa shape index (κ2) is 2.66. The van der Waals surface area contributed by atoms with Gasteiger partial charge in [-0.2, -0.15) is 0 Å². The van der Waals surface area contributed by atoms with E-state index in [1.165, 1.54) is 6.07 Å². The molecule has 0 radical (unpaired) electrons. The standard InChI is InChI=1S/C9H11FN2/c10-7-4-3-6-2-1-5-12-9(6)8(7)11/h3-4,12H,1-2,5,11H2. The van der Waals surface area contributed by atoms with Crippen LogP contribution in [0.2, 0.25) is 0 Å². The Morgan fingerprint density at radius 3 is 3.08 bits per heavy atom. The number of rotatable bonds is 0. The van der Waals surface area contributed by atoms with Crippen LogP contribution in [0.25, 0.3) is 0 Å². The Bertz CT molecular complexity index is 310. The summed E-state index contributed by atoms with van der Waals surface area (Å²) in [7, 11) is 0. The van der Waals surface area contributed by atoms with E-state index in [1.54, 1.807) is 6.07 Å². The fourth-order valence-electron chi connectivity index (χ4n) is 1.55. The molecule has 0 atom stereocenters. The number of hydrogen-bond acceptors (Lipinski definition) is 2. The van der Waals surface area contributed by atoms with Crippen LogP contribution in [0, 0.1) is 5.82 Å². The molecule has 0 bridgehead atoms. The van der Waals surface area contributed by atoms with E-state index in [0.717, 1.165) is 30.6 Å². The Balaban J connectivity index is 2.54. The summed E-state index contributed by atoms with van der Waals surface area (Å²) in [5.74, 6) is -0.330. The van der Waals surface area contributed by atoms with Crippen LogP contribution in [0.1, 0.15) is 12.0 Å². The van der Waals surface area contributed by atoms with E-state index in [0.29, 0.717) is 0 Å². The van der Waals surface area contributed by atoms with Gasteiger partial charge in [-0.05, 0) is 24.5 Å². The zero-order valence-corrected chi connectivity index (χ0v) is 6.73. The van der Waals surface area contributed by atoms with Gasteiger partial charge in [0.1, 0.15) is 5.82 Å². The number of fused-ring (bicyclic) bond motifs is 1. The molecule has 64 valence electrons. The van der Waals surface area contributed by atoms with Crippen molar-refractivity contribution in [2.45, 2.75) is 12.8 Å². The molecule has 0 spiro atoms. The topological polar surface area (TPSA) is 38.0 Å². The molecule has 0 saturated carbocycles. The molecule has 0 aromatic heterocycles. The molecule has 1 aliphatic heterocycles. The average Bonchev–Trinajstić information content (AvgIpc) is 2.12. The van der Waals surface area contributed by atoms with Crippen LogP contribution in [0.3, 0.4) is 0 Å². The first-order chi connectivity index (χ1) is 5.79. The highest BCUT2D eigenvalue weighted by Gasteiger charge is 2.13. The summed E-state index contributed by atoms with van der Waals surface area (Å²) in [4.78, 5) is 0. The van der Waals surface area contributed by atoms with E-state index in [9.17, 15) is 4.39 Å². The molecule has 3 N–H and O–H groups in total. The molecule has 1 heterocycles. The lowest BCUT2D eigenvalue weighted by molar-refractivity contribution is 0.631. The molecule has 2 nitrogen and oxygen atoms in total. The first-order valence-electron chi connectivity index (χ1n) is 4.10. The lowest BCUT2D eigenvalue weighted by Crippen LogP contribution is -2.14. The van der Waals surface area contributed by atoms with Crippen LogP contribution in [-0.4, -0.2) is 6.54 Å². The number of nitrogens with two attached hydrogens (primary N) is 1. The van der Waals surface area contributed by atoms with Crippen molar-refractivity contribution in [1.82, 2.24) is 0 Å². The van der Waals surface area contributed by atoms with Crippen LogP contribution < -0.4 is 11.1 Å². The van der Waals surface area contributed by atoms with Crippen molar-refractivity contribution in [2.24, 2.45) is 0 Å². The Morgan fingerprint density at radius 1 is 1.42 bits per heavy atom. The van der Waals surface area contributed by atoms with Gasteiger partial charge in [-0.25, -0.2) is 4.39 Å². The molecule has 3 heteroatoms. The first-order valence-corrected chi connectivity index (χ1v) is 4.10. The lowest BCUT2D eigenvalue weighted by atomic mass is 10.0. The fourth-order valence-corrected chi connectivity index (χ4v) is 1.55. The number of aryl methyl sites for hydroxylation is 1. The van der Waals surface area contributed by atoms with E-state index in [1.807, 2.05) is 0 Å². The van der Waals surface area contributed by atoms with Gasteiger partial charge in [0.2, 0.25) is 0 Å². The molecular formula is C9H11FN2. The summed E-state index contributed by atoms with van der Waals surface area (Å²) in [6.07, 6.45) is 2.09. The lowest BCUT2D eigenvalue weighted by Gasteiger charge is -2.19. The monoisotopic (exact) mass is 166 g/mol. The molecule has 1 aliphatic rings. The van der Waals surface area contributed by atoms with E-state index in [2.05, 4.69) is 5.32 Å². The third-order valence-electron chi connectivity index (χ3n) is 2.20. The van der Waals surface area contributed by atoms with Crippen LogP contribution in [-0.2, 0) is 6.42 Å². The molecule has 0 aliphatic carbocycles. The molecule has 0 amide bonds. The molecule has 2 rings (SSSR count). The number of anilines is 2. The molecule has 0 saturated heterocycles. The highest BCUT2D eigenvalue weighted by molar-refractivity contribution is 5.71. The van der Waals surface area contributed by atoms with Crippen molar-refractivity contribution < 1.29 is 4.39 Å². The SMILES string of the molecule is Nc1c(F)ccc2c1NCCC2. The molecule has 1 aromatic carbocycles. The number of halogens is 1. The van der Waals surface area contributed by atoms with E-state index in [-0.39, 0.29) is 11.5 Å². The van der Waals surface area contributed by atoms with Crippen molar-refractivity contribution in [2.75, 3.05) is 17.6 Å². The quantitative estimate of drug-likeness (QED) is 0.576. The zero-order valence-electron chi connectivity index (χ0n) is 6.73. The van der Waals surface area contributed by atoms with Crippen LogP contribution in [0.5, 0.6) is 0 Å². The van der Waals surface area contributed by atoms with E-state index < -0.39 is 0 Å². The predicted molar refractivity (Wildman–Crippen MR) is 47.6 cm³/mol. The second-order valence-corrected chi connectivity index (χ2v) is 3.03. The Labute approximate surface area is 70.6 Å². The summed E-state index contributed by atoms with van der Waals surface area (Å²) >= 11 is 0. The van der Waals surface area contributed by atoms with Crippen LogP contribution in [0.4, 0.5) is 15.8 Å². The van der Waals surface area contributed by atoms with E-state index >= 15 is 0 Å². The minimum atomic E-state index is -0.330. The predicted octanol–water partition coefficient (Wildman–Crippen LogP) is 1.77. The van der Waals surface area contributed by atoms with Crippen LogP contribution in [0.15, 0.2) is 12.1 Å². The summed E-state index contributed by atoms with van der Waals surface area (Å²) < 4.78 is 12.9. The Morgan fingerprint density at radius 2 is 2.25 bits per heavy atom. The summed E-state index contributed by atoms with van der Waals surface area (Å²) in [6.45, 7) is 0.890. The third-order valence-corrected chi connectivity index (χ3v) is 2.20. The van der Waals surface area contributed by atoms with Gasteiger partial charge in [-0.1, -0.05) is 6.07 Å². The van der Waals surface area contributed by atoms with E-state index in [4.69, 9.17) is 5.73 Å². The van der Waals surface area contributed by atoms with Crippen LogP contribution >= 0.6 is 0 Å². The van der Waals surface area contributed by atoms with Gasteiger partial charge in [-0.15, -0.1) is 0 Å². The van der Waals surface area contributed by atoms with Gasteiger partial charge >= 0.3 is 0 Å². The second-order valence-electron chi connectivity index (χ2n) is 3.03. The van der Waals surface area contributed by atoms with Crippen molar-refractivity contribution in [3.05, 3.63) is 23.5 Å². The first kappa shape index (κ1) is 7.40. The third kappa shape index (κ3) is 1.02. The minimum absolute atomic E-state index is 0.257. The Hall–Kier alpha value is -1.25. The normalized spacial score (nSPS) is 15.1. The molecule has 1 aromatic rings. The molecule has 12 heavy (non-hydrogen) atoms. The molecule has 0 fully saturated rings. The highest BCUT2D eigenvalue weighted by Crippen LogP contribution is 2.29. The maximum Gasteiger partial charge on any atom is 0.148 e. The largest absolute Gasteiger partial charge is 0.395 e. The Kier molecular flexibility index (Phi) is 1.64. The maximum atomic E-state index is 12.9. The van der Waals surface area contributed by atoms with Crippen molar-refractivity contribution in [3.8, 4) is 0 Å². The summed E-state index contributed by atoms with van der Waals surface area (Å²) in [5, 5.41) is 3.11. The fraction of sp³-hybridized carbons (Fsp3) is 0.333. The highest BCUT2D eigenvalue weighted by atomic mass is 19.1. The number of nitrogen functional groups attached to an aromatic ring is 1. The van der Waals surface area contributed by atoms with Gasteiger partial charge in [0.15, 0.2) is 0 Å². The average molecular weight is 166 g/mol. The van der Waals surface area contributed by atoms with Crippen molar-refractivity contribution in [1.29, 1.82) is 0 Å². The molecule has 0 unspecified atom stereocenters. The van der Waals surface area contributed by atoms with Gasteiger partial charge < -0.3 is 11.1 Å².